The molecule has 15 heavy (non-hydrogen) atoms. The molecule has 1 unspecified atom stereocenters. The third-order valence-electron chi connectivity index (χ3n) is 3.13. The van der Waals surface area contributed by atoms with Crippen molar-refractivity contribution in [3.8, 4) is 0 Å². The Bertz CT molecular complexity index is 278. The Kier molecular flexibility index (Phi) is 3.75. The van der Waals surface area contributed by atoms with Gasteiger partial charge in [0.15, 0.2) is 0 Å². The van der Waals surface area contributed by atoms with E-state index in [4.69, 9.17) is 5.73 Å². The summed E-state index contributed by atoms with van der Waals surface area (Å²) in [7, 11) is 0. The molecule has 1 aromatic carbocycles. The van der Waals surface area contributed by atoms with Crippen LogP contribution in [0.3, 0.4) is 0 Å². The molecule has 82 valence electrons. The van der Waals surface area contributed by atoms with Gasteiger partial charge < -0.3 is 10.6 Å². The van der Waals surface area contributed by atoms with Crippen molar-refractivity contribution in [1.82, 2.24) is 4.90 Å². The van der Waals surface area contributed by atoms with E-state index in [-0.39, 0.29) is 6.04 Å². The van der Waals surface area contributed by atoms with Crippen molar-refractivity contribution >= 4 is 0 Å². The van der Waals surface area contributed by atoms with Gasteiger partial charge in [-0.3, -0.25) is 0 Å². The number of piperidine rings is 1. The first kappa shape index (κ1) is 10.7. The van der Waals surface area contributed by atoms with Crippen LogP contribution < -0.4 is 5.73 Å². The highest BCUT2D eigenvalue weighted by atomic mass is 15.1. The average molecular weight is 204 g/mol. The molecule has 0 bridgehead atoms. The number of hydrogen-bond acceptors (Lipinski definition) is 2. The van der Waals surface area contributed by atoms with Crippen molar-refractivity contribution in [3.05, 3.63) is 35.9 Å². The summed E-state index contributed by atoms with van der Waals surface area (Å²) in [4.78, 5) is 2.49. The van der Waals surface area contributed by atoms with Crippen LogP contribution in [0.25, 0.3) is 0 Å². The third-order valence-corrected chi connectivity index (χ3v) is 3.13. The average Bonchev–Trinajstić information content (AvgIpc) is 2.31. The van der Waals surface area contributed by atoms with Crippen LogP contribution in [0.4, 0.5) is 0 Å². The van der Waals surface area contributed by atoms with E-state index in [9.17, 15) is 0 Å². The summed E-state index contributed by atoms with van der Waals surface area (Å²) in [5.74, 6) is 0. The molecular formula is C13H20N2. The maximum absolute atomic E-state index is 6.18. The monoisotopic (exact) mass is 204 g/mol. The van der Waals surface area contributed by atoms with E-state index in [0.29, 0.717) is 0 Å². The van der Waals surface area contributed by atoms with Crippen LogP contribution in [0.2, 0.25) is 0 Å². The fourth-order valence-corrected chi connectivity index (χ4v) is 2.23. The summed E-state index contributed by atoms with van der Waals surface area (Å²) in [6.45, 7) is 3.45. The van der Waals surface area contributed by atoms with Crippen molar-refractivity contribution in [1.29, 1.82) is 0 Å². The fourth-order valence-electron chi connectivity index (χ4n) is 2.23. The predicted octanol–water partition coefficient (Wildman–Crippen LogP) is 2.17. The van der Waals surface area contributed by atoms with Crippen molar-refractivity contribution in [2.24, 2.45) is 5.73 Å². The van der Waals surface area contributed by atoms with Crippen LogP contribution in [0.15, 0.2) is 30.3 Å². The summed E-state index contributed by atoms with van der Waals surface area (Å²) < 4.78 is 0. The molecule has 0 amide bonds. The molecule has 0 saturated carbocycles. The summed E-state index contributed by atoms with van der Waals surface area (Å²) in [6, 6.07) is 10.6. The van der Waals surface area contributed by atoms with Crippen LogP contribution in [-0.4, -0.2) is 24.5 Å². The van der Waals surface area contributed by atoms with E-state index in [1.807, 2.05) is 6.07 Å². The van der Waals surface area contributed by atoms with Gasteiger partial charge in [0, 0.05) is 12.6 Å². The van der Waals surface area contributed by atoms with E-state index in [1.165, 1.54) is 37.9 Å². The lowest BCUT2D eigenvalue weighted by atomic mass is 10.1. The molecule has 0 radical (unpaired) electrons. The Balaban J connectivity index is 1.88. The molecule has 1 saturated heterocycles. The summed E-state index contributed by atoms with van der Waals surface area (Å²) in [5, 5.41) is 0. The maximum atomic E-state index is 6.18. The molecule has 2 rings (SSSR count). The summed E-state index contributed by atoms with van der Waals surface area (Å²) in [5.41, 5.74) is 7.44. The lowest BCUT2D eigenvalue weighted by Gasteiger charge is -2.29. The lowest BCUT2D eigenvalue weighted by molar-refractivity contribution is 0.216. The molecule has 1 fully saturated rings. The second-order valence-corrected chi connectivity index (χ2v) is 4.38. The highest BCUT2D eigenvalue weighted by Crippen LogP contribution is 2.15. The van der Waals surface area contributed by atoms with Crippen molar-refractivity contribution in [2.45, 2.75) is 25.3 Å². The van der Waals surface area contributed by atoms with Gasteiger partial charge >= 0.3 is 0 Å². The first-order valence-electron chi connectivity index (χ1n) is 5.89. The molecule has 1 heterocycles. The Morgan fingerprint density at radius 1 is 1.07 bits per heavy atom. The minimum atomic E-state index is 0.171. The molecule has 0 spiro atoms. The van der Waals surface area contributed by atoms with Gasteiger partial charge in [-0.15, -0.1) is 0 Å². The molecular weight excluding hydrogens is 184 g/mol. The topological polar surface area (TPSA) is 29.3 Å². The van der Waals surface area contributed by atoms with Crippen molar-refractivity contribution in [3.63, 3.8) is 0 Å². The number of likely N-dealkylation sites (tertiary alicyclic amines) is 1. The smallest absolute Gasteiger partial charge is 0.0424 e. The third kappa shape index (κ3) is 3.05. The van der Waals surface area contributed by atoms with Crippen LogP contribution >= 0.6 is 0 Å². The molecule has 2 N–H and O–H groups in total. The molecule has 2 heteroatoms. The highest BCUT2D eigenvalue weighted by Gasteiger charge is 2.14. The SMILES string of the molecule is NC(CN1CCCCC1)c1ccccc1. The Hall–Kier alpha value is -0.860. The molecule has 2 nitrogen and oxygen atoms in total. The van der Waals surface area contributed by atoms with E-state index >= 15 is 0 Å². The zero-order valence-corrected chi connectivity index (χ0v) is 9.23. The van der Waals surface area contributed by atoms with Gasteiger partial charge in [0.1, 0.15) is 0 Å². The second-order valence-electron chi connectivity index (χ2n) is 4.38. The second kappa shape index (κ2) is 5.29. The number of rotatable bonds is 3. The Morgan fingerprint density at radius 2 is 1.73 bits per heavy atom. The van der Waals surface area contributed by atoms with Crippen LogP contribution in [0.5, 0.6) is 0 Å². The Labute approximate surface area is 92.1 Å². The molecule has 1 atom stereocenters. The molecule has 1 aliphatic rings. The zero-order valence-electron chi connectivity index (χ0n) is 9.23. The van der Waals surface area contributed by atoms with Crippen molar-refractivity contribution in [2.75, 3.05) is 19.6 Å². The van der Waals surface area contributed by atoms with Gasteiger partial charge in [0.2, 0.25) is 0 Å². The zero-order chi connectivity index (χ0) is 10.5. The minimum absolute atomic E-state index is 0.171. The van der Waals surface area contributed by atoms with Gasteiger partial charge in [-0.1, -0.05) is 36.8 Å². The Morgan fingerprint density at radius 3 is 2.40 bits per heavy atom. The first-order chi connectivity index (χ1) is 7.36. The summed E-state index contributed by atoms with van der Waals surface area (Å²) in [6.07, 6.45) is 4.06. The highest BCUT2D eigenvalue weighted by molar-refractivity contribution is 5.18. The lowest BCUT2D eigenvalue weighted by Crippen LogP contribution is -2.36. The normalized spacial score (nSPS) is 20.1. The standard InChI is InChI=1S/C13H20N2/c14-13(12-7-3-1-4-8-12)11-15-9-5-2-6-10-15/h1,3-4,7-8,13H,2,5-6,9-11,14H2. The largest absolute Gasteiger partial charge is 0.323 e. The van der Waals surface area contributed by atoms with Crippen molar-refractivity contribution < 1.29 is 0 Å². The summed E-state index contributed by atoms with van der Waals surface area (Å²) >= 11 is 0. The van der Waals surface area contributed by atoms with Gasteiger partial charge in [-0.05, 0) is 31.5 Å². The number of nitrogens with zero attached hydrogens (tertiary/aromatic N) is 1. The van der Waals surface area contributed by atoms with Gasteiger partial charge in [0.25, 0.3) is 0 Å². The number of nitrogens with two attached hydrogens (primary N) is 1. The maximum Gasteiger partial charge on any atom is 0.0424 e. The minimum Gasteiger partial charge on any atom is -0.323 e. The van der Waals surface area contributed by atoms with Crippen LogP contribution in [-0.2, 0) is 0 Å². The van der Waals surface area contributed by atoms with E-state index in [1.54, 1.807) is 0 Å². The van der Waals surface area contributed by atoms with Gasteiger partial charge in [-0.25, -0.2) is 0 Å². The fraction of sp³-hybridized carbons (Fsp3) is 0.538. The first-order valence-corrected chi connectivity index (χ1v) is 5.89. The van der Waals surface area contributed by atoms with Crippen LogP contribution in [0.1, 0.15) is 30.9 Å². The van der Waals surface area contributed by atoms with E-state index < -0.39 is 0 Å². The van der Waals surface area contributed by atoms with Gasteiger partial charge in [0.05, 0.1) is 0 Å². The molecule has 0 aromatic heterocycles. The molecule has 1 aliphatic heterocycles. The van der Waals surface area contributed by atoms with Gasteiger partial charge in [-0.2, -0.15) is 0 Å². The molecule has 0 aliphatic carbocycles. The quantitative estimate of drug-likeness (QED) is 0.817. The predicted molar refractivity (Wildman–Crippen MR) is 63.7 cm³/mol. The number of benzene rings is 1. The van der Waals surface area contributed by atoms with Crippen LogP contribution in [0, 0.1) is 0 Å². The van der Waals surface area contributed by atoms with E-state index in [0.717, 1.165) is 6.54 Å². The van der Waals surface area contributed by atoms with E-state index in [2.05, 4.69) is 29.2 Å². The number of hydrogen-bond donors (Lipinski definition) is 1. The molecule has 1 aromatic rings.